The summed E-state index contributed by atoms with van der Waals surface area (Å²) in [7, 11) is 0. The van der Waals surface area contributed by atoms with Crippen molar-refractivity contribution in [3.63, 3.8) is 0 Å². The van der Waals surface area contributed by atoms with Crippen LogP contribution in [0.25, 0.3) is 0 Å². The van der Waals surface area contributed by atoms with Gasteiger partial charge in [-0.25, -0.2) is 9.18 Å². The van der Waals surface area contributed by atoms with Gasteiger partial charge in [0.2, 0.25) is 5.91 Å². The molecule has 0 radical (unpaired) electrons. The van der Waals surface area contributed by atoms with Crippen LogP contribution in [0.3, 0.4) is 0 Å². The summed E-state index contributed by atoms with van der Waals surface area (Å²) in [6, 6.07) is 2.74. The average molecular weight is 348 g/mol. The Kier molecular flexibility index (Phi) is 5.56. The topological polar surface area (TPSA) is 92.4 Å². The summed E-state index contributed by atoms with van der Waals surface area (Å²) in [6.45, 7) is 6.95. The lowest BCUT2D eigenvalue weighted by Gasteiger charge is -2.17. The number of carboxylic acid groups (broad SMARTS) is 1. The van der Waals surface area contributed by atoms with Crippen molar-refractivity contribution in [1.29, 1.82) is 0 Å². The first kappa shape index (κ1) is 18.6. The molecule has 0 aliphatic heterocycles. The quantitative estimate of drug-likeness (QED) is 0.836. The number of carbonyl (C=O) groups excluding carboxylic acids is 1. The van der Waals surface area contributed by atoms with Gasteiger partial charge in [-0.2, -0.15) is 0 Å². The maximum Gasteiger partial charge on any atom is 0.330 e. The summed E-state index contributed by atoms with van der Waals surface area (Å²) in [5.74, 6) is -1.57. The molecule has 0 fully saturated rings. The van der Waals surface area contributed by atoms with Gasteiger partial charge in [0, 0.05) is 12.0 Å². The standard InChI is InChI=1S/C18H21FN2O4/c1-9-7-13(5-6-14(9)19)17(18(23)24)20-15(22)8-10(2)16-11(3)21-25-12(16)4/h5-7,10,17H,8H2,1-4H3,(H,20,22)(H,23,24). The highest BCUT2D eigenvalue weighted by Crippen LogP contribution is 2.26. The Morgan fingerprint density at radius 2 is 2.00 bits per heavy atom. The van der Waals surface area contributed by atoms with Gasteiger partial charge in [0.05, 0.1) is 5.69 Å². The van der Waals surface area contributed by atoms with Gasteiger partial charge in [0.1, 0.15) is 11.6 Å². The normalized spacial score (nSPS) is 13.3. The molecule has 1 aromatic heterocycles. The fourth-order valence-electron chi connectivity index (χ4n) is 2.93. The summed E-state index contributed by atoms with van der Waals surface area (Å²) >= 11 is 0. The minimum Gasteiger partial charge on any atom is -0.479 e. The van der Waals surface area contributed by atoms with Crippen molar-refractivity contribution < 1.29 is 23.6 Å². The predicted octanol–water partition coefficient (Wildman–Crippen LogP) is 3.17. The molecule has 0 spiro atoms. The van der Waals surface area contributed by atoms with E-state index in [0.717, 1.165) is 5.56 Å². The van der Waals surface area contributed by atoms with Crippen LogP contribution >= 0.6 is 0 Å². The molecule has 2 N–H and O–H groups in total. The minimum absolute atomic E-state index is 0.0901. The lowest BCUT2D eigenvalue weighted by atomic mass is 9.95. The molecule has 1 aromatic carbocycles. The first-order chi connectivity index (χ1) is 11.7. The molecule has 0 saturated heterocycles. The number of aromatic nitrogens is 1. The molecule has 6 nitrogen and oxygen atoms in total. The summed E-state index contributed by atoms with van der Waals surface area (Å²) in [5, 5.41) is 15.8. The molecule has 2 atom stereocenters. The van der Waals surface area contributed by atoms with Gasteiger partial charge in [0.25, 0.3) is 0 Å². The Bertz CT molecular complexity index is 781. The van der Waals surface area contributed by atoms with Gasteiger partial charge in [-0.15, -0.1) is 0 Å². The van der Waals surface area contributed by atoms with E-state index in [-0.39, 0.29) is 12.3 Å². The molecule has 0 aliphatic carbocycles. The van der Waals surface area contributed by atoms with Crippen molar-refractivity contribution in [1.82, 2.24) is 10.5 Å². The molecule has 1 heterocycles. The van der Waals surface area contributed by atoms with Gasteiger partial charge in [-0.1, -0.05) is 24.2 Å². The zero-order valence-corrected chi connectivity index (χ0v) is 14.6. The van der Waals surface area contributed by atoms with Crippen LogP contribution in [-0.4, -0.2) is 22.1 Å². The number of aryl methyl sites for hydroxylation is 3. The molecule has 7 heteroatoms. The van der Waals surface area contributed by atoms with Gasteiger partial charge in [0.15, 0.2) is 6.04 Å². The first-order valence-electron chi connectivity index (χ1n) is 7.91. The third kappa shape index (κ3) is 4.23. The van der Waals surface area contributed by atoms with E-state index in [9.17, 15) is 19.1 Å². The van der Waals surface area contributed by atoms with Crippen molar-refractivity contribution in [3.05, 3.63) is 52.2 Å². The van der Waals surface area contributed by atoms with Crippen LogP contribution < -0.4 is 5.32 Å². The molecular weight excluding hydrogens is 327 g/mol. The Labute approximate surface area is 145 Å². The van der Waals surface area contributed by atoms with E-state index >= 15 is 0 Å². The predicted molar refractivity (Wildman–Crippen MR) is 88.7 cm³/mol. The number of hydrogen-bond donors (Lipinski definition) is 2. The zero-order valence-electron chi connectivity index (χ0n) is 14.6. The number of carbonyl (C=O) groups is 2. The van der Waals surface area contributed by atoms with Crippen LogP contribution in [0.2, 0.25) is 0 Å². The molecule has 2 rings (SSSR count). The first-order valence-corrected chi connectivity index (χ1v) is 7.91. The zero-order chi connectivity index (χ0) is 18.7. The molecule has 134 valence electrons. The highest BCUT2D eigenvalue weighted by molar-refractivity contribution is 5.85. The molecule has 0 bridgehead atoms. The number of hydrogen-bond acceptors (Lipinski definition) is 4. The van der Waals surface area contributed by atoms with Gasteiger partial charge in [-0.05, 0) is 43.9 Å². The molecule has 25 heavy (non-hydrogen) atoms. The number of rotatable bonds is 6. The van der Waals surface area contributed by atoms with Crippen molar-refractivity contribution in [2.24, 2.45) is 0 Å². The molecule has 2 aromatic rings. The van der Waals surface area contributed by atoms with E-state index in [1.54, 1.807) is 20.8 Å². The van der Waals surface area contributed by atoms with E-state index < -0.39 is 23.7 Å². The Morgan fingerprint density at radius 3 is 2.52 bits per heavy atom. The highest BCUT2D eigenvalue weighted by Gasteiger charge is 2.25. The third-order valence-corrected chi connectivity index (χ3v) is 4.14. The number of benzene rings is 1. The summed E-state index contributed by atoms with van der Waals surface area (Å²) < 4.78 is 18.5. The van der Waals surface area contributed by atoms with Crippen molar-refractivity contribution in [2.75, 3.05) is 0 Å². The van der Waals surface area contributed by atoms with Crippen LogP contribution in [0.5, 0.6) is 0 Å². The second-order valence-corrected chi connectivity index (χ2v) is 6.19. The third-order valence-electron chi connectivity index (χ3n) is 4.14. The maximum atomic E-state index is 13.4. The number of carboxylic acids is 1. The Balaban J connectivity index is 2.13. The highest BCUT2D eigenvalue weighted by atomic mass is 19.1. The van der Waals surface area contributed by atoms with Crippen LogP contribution in [0.15, 0.2) is 22.7 Å². The van der Waals surface area contributed by atoms with E-state index in [4.69, 9.17) is 4.52 Å². The second-order valence-electron chi connectivity index (χ2n) is 6.19. The smallest absolute Gasteiger partial charge is 0.330 e. The number of halogens is 1. The van der Waals surface area contributed by atoms with Crippen molar-refractivity contribution in [3.8, 4) is 0 Å². The van der Waals surface area contributed by atoms with Gasteiger partial charge >= 0.3 is 5.97 Å². The summed E-state index contributed by atoms with van der Waals surface area (Å²) in [6.07, 6.45) is 0.0901. The SMILES string of the molecule is Cc1cc(C(NC(=O)CC(C)c2c(C)noc2C)C(=O)O)ccc1F. The molecular formula is C18H21FN2O4. The number of nitrogens with one attached hydrogen (secondary N) is 1. The second kappa shape index (κ2) is 7.46. The van der Waals surface area contributed by atoms with E-state index in [0.29, 0.717) is 22.6 Å². The average Bonchev–Trinajstić information content (AvgIpc) is 2.86. The number of nitrogens with zero attached hydrogens (tertiary/aromatic N) is 1. The van der Waals surface area contributed by atoms with Gasteiger partial charge in [-0.3, -0.25) is 4.79 Å². The van der Waals surface area contributed by atoms with Crippen molar-refractivity contribution >= 4 is 11.9 Å². The Morgan fingerprint density at radius 1 is 1.32 bits per heavy atom. The number of aliphatic carboxylic acids is 1. The van der Waals surface area contributed by atoms with Gasteiger partial charge < -0.3 is 14.9 Å². The Hall–Kier alpha value is -2.70. The van der Waals surface area contributed by atoms with Crippen LogP contribution in [0.1, 0.15) is 53.4 Å². The number of amides is 1. The largest absolute Gasteiger partial charge is 0.479 e. The van der Waals surface area contributed by atoms with Crippen LogP contribution in [0, 0.1) is 26.6 Å². The minimum atomic E-state index is -1.23. The van der Waals surface area contributed by atoms with E-state index in [1.165, 1.54) is 18.2 Å². The summed E-state index contributed by atoms with van der Waals surface area (Å²) in [5.41, 5.74) is 2.20. The molecule has 0 saturated carbocycles. The fourth-order valence-corrected chi connectivity index (χ4v) is 2.93. The molecule has 1 amide bonds. The van der Waals surface area contributed by atoms with Crippen LogP contribution in [0.4, 0.5) is 4.39 Å². The van der Waals surface area contributed by atoms with E-state index in [2.05, 4.69) is 10.5 Å². The fraction of sp³-hybridized carbons (Fsp3) is 0.389. The monoisotopic (exact) mass is 348 g/mol. The van der Waals surface area contributed by atoms with E-state index in [1.807, 2.05) is 6.92 Å². The van der Waals surface area contributed by atoms with Crippen LogP contribution in [-0.2, 0) is 9.59 Å². The summed E-state index contributed by atoms with van der Waals surface area (Å²) in [4.78, 5) is 23.8. The molecule has 0 aliphatic rings. The lowest BCUT2D eigenvalue weighted by molar-refractivity contribution is -0.142. The maximum absolute atomic E-state index is 13.4. The van der Waals surface area contributed by atoms with Crippen molar-refractivity contribution in [2.45, 2.75) is 46.1 Å². The lowest BCUT2D eigenvalue weighted by Crippen LogP contribution is -2.34. The molecule has 2 unspecified atom stereocenters.